The van der Waals surface area contributed by atoms with Crippen LogP contribution in [0.3, 0.4) is 0 Å². The average molecular weight is 287 g/mol. The SMILES string of the molecule is CNC(=O)[C@H](C)NS(=O)(=O)c1ccc([N+](=O)[O-])cc1. The van der Waals surface area contributed by atoms with Crippen molar-refractivity contribution in [1.29, 1.82) is 0 Å². The van der Waals surface area contributed by atoms with Crippen LogP contribution in [0.4, 0.5) is 5.69 Å². The van der Waals surface area contributed by atoms with E-state index in [1.54, 1.807) is 0 Å². The number of hydrogen-bond acceptors (Lipinski definition) is 5. The number of carbonyl (C=O) groups is 1. The van der Waals surface area contributed by atoms with Crippen LogP contribution in [-0.2, 0) is 14.8 Å². The first-order valence-corrected chi connectivity index (χ1v) is 6.74. The summed E-state index contributed by atoms with van der Waals surface area (Å²) in [5, 5.41) is 12.8. The molecule has 0 heterocycles. The predicted molar refractivity (Wildman–Crippen MR) is 66.9 cm³/mol. The van der Waals surface area contributed by atoms with Gasteiger partial charge in [0.05, 0.1) is 15.9 Å². The summed E-state index contributed by atoms with van der Waals surface area (Å²) in [6.45, 7) is 1.39. The molecule has 0 fully saturated rings. The number of sulfonamides is 1. The Morgan fingerprint density at radius 2 is 1.84 bits per heavy atom. The van der Waals surface area contributed by atoms with Gasteiger partial charge in [-0.15, -0.1) is 0 Å². The number of benzene rings is 1. The molecule has 0 aromatic heterocycles. The van der Waals surface area contributed by atoms with Crippen molar-refractivity contribution in [3.63, 3.8) is 0 Å². The highest BCUT2D eigenvalue weighted by molar-refractivity contribution is 7.89. The second-order valence-corrected chi connectivity index (χ2v) is 5.42. The molecule has 9 heteroatoms. The first-order chi connectivity index (χ1) is 8.77. The van der Waals surface area contributed by atoms with Crippen molar-refractivity contribution >= 4 is 21.6 Å². The molecule has 0 bridgehead atoms. The molecule has 19 heavy (non-hydrogen) atoms. The molecule has 1 aromatic rings. The van der Waals surface area contributed by atoms with Crippen LogP contribution in [-0.4, -0.2) is 32.3 Å². The molecule has 1 atom stereocenters. The Hall–Kier alpha value is -2.00. The zero-order chi connectivity index (χ0) is 14.6. The van der Waals surface area contributed by atoms with E-state index in [-0.39, 0.29) is 10.6 Å². The Kier molecular flexibility index (Phi) is 4.57. The van der Waals surface area contributed by atoms with E-state index in [0.29, 0.717) is 0 Å². The Labute approximate surface area is 110 Å². The van der Waals surface area contributed by atoms with Gasteiger partial charge in [-0.1, -0.05) is 0 Å². The lowest BCUT2D eigenvalue weighted by Crippen LogP contribution is -2.43. The Morgan fingerprint density at radius 1 is 1.32 bits per heavy atom. The van der Waals surface area contributed by atoms with Crippen molar-refractivity contribution in [2.75, 3.05) is 7.05 Å². The first kappa shape index (κ1) is 15.1. The Morgan fingerprint density at radius 3 is 2.26 bits per heavy atom. The van der Waals surface area contributed by atoms with Gasteiger partial charge in [-0.25, -0.2) is 8.42 Å². The summed E-state index contributed by atoms with van der Waals surface area (Å²) in [5.74, 6) is -0.481. The van der Waals surface area contributed by atoms with Gasteiger partial charge in [-0.3, -0.25) is 14.9 Å². The third-order valence-electron chi connectivity index (χ3n) is 2.33. The molecule has 0 spiro atoms. The van der Waals surface area contributed by atoms with Gasteiger partial charge in [0, 0.05) is 19.2 Å². The van der Waals surface area contributed by atoms with Gasteiger partial charge in [0.15, 0.2) is 0 Å². The number of rotatable bonds is 5. The summed E-state index contributed by atoms with van der Waals surface area (Å²) in [6, 6.07) is 3.44. The Bertz CT molecular complexity index is 582. The number of carbonyl (C=O) groups excluding carboxylic acids is 1. The molecule has 0 saturated carbocycles. The number of nitrogens with one attached hydrogen (secondary N) is 2. The topological polar surface area (TPSA) is 118 Å². The molecule has 2 N–H and O–H groups in total. The highest BCUT2D eigenvalue weighted by atomic mass is 32.2. The van der Waals surface area contributed by atoms with Crippen molar-refractivity contribution in [3.05, 3.63) is 34.4 Å². The maximum absolute atomic E-state index is 11.9. The molecule has 1 aromatic carbocycles. The van der Waals surface area contributed by atoms with E-state index in [0.717, 1.165) is 24.3 Å². The van der Waals surface area contributed by atoms with Crippen molar-refractivity contribution in [1.82, 2.24) is 10.0 Å². The molecule has 0 aliphatic rings. The molecule has 0 aliphatic carbocycles. The van der Waals surface area contributed by atoms with E-state index in [2.05, 4.69) is 10.0 Å². The quantitative estimate of drug-likeness (QED) is 0.584. The minimum Gasteiger partial charge on any atom is -0.358 e. The summed E-state index contributed by atoms with van der Waals surface area (Å²) < 4.78 is 25.9. The lowest BCUT2D eigenvalue weighted by Gasteiger charge is -2.12. The van der Waals surface area contributed by atoms with E-state index < -0.39 is 26.9 Å². The minimum absolute atomic E-state index is 0.145. The zero-order valence-electron chi connectivity index (χ0n) is 10.3. The summed E-state index contributed by atoms with van der Waals surface area (Å²) in [5.41, 5.74) is -0.210. The van der Waals surface area contributed by atoms with E-state index in [4.69, 9.17) is 0 Å². The smallest absolute Gasteiger partial charge is 0.269 e. The standard InChI is InChI=1S/C10H13N3O5S/c1-7(10(14)11-2)12-19(17,18)9-5-3-8(4-6-9)13(15)16/h3-7,12H,1-2H3,(H,11,14)/t7-/m0/s1. The van der Waals surface area contributed by atoms with Gasteiger partial charge in [0.1, 0.15) is 0 Å². The summed E-state index contributed by atoms with van der Waals surface area (Å²) in [7, 11) is -2.50. The molecule has 0 radical (unpaired) electrons. The minimum atomic E-state index is -3.89. The fourth-order valence-electron chi connectivity index (χ4n) is 1.32. The van der Waals surface area contributed by atoms with Crippen molar-refractivity contribution in [2.24, 2.45) is 0 Å². The monoisotopic (exact) mass is 287 g/mol. The molecule has 1 rings (SSSR count). The van der Waals surface area contributed by atoms with Gasteiger partial charge in [0.25, 0.3) is 5.69 Å². The lowest BCUT2D eigenvalue weighted by molar-refractivity contribution is -0.384. The third-order valence-corrected chi connectivity index (χ3v) is 3.89. The van der Waals surface area contributed by atoms with Gasteiger partial charge < -0.3 is 5.32 Å². The van der Waals surface area contributed by atoms with Crippen molar-refractivity contribution in [3.8, 4) is 0 Å². The largest absolute Gasteiger partial charge is 0.358 e. The van der Waals surface area contributed by atoms with Gasteiger partial charge >= 0.3 is 0 Å². The van der Waals surface area contributed by atoms with Crippen LogP contribution >= 0.6 is 0 Å². The molecule has 8 nitrogen and oxygen atoms in total. The van der Waals surface area contributed by atoms with Gasteiger partial charge in [-0.05, 0) is 19.1 Å². The summed E-state index contributed by atoms with van der Waals surface area (Å²) in [6.07, 6.45) is 0. The van der Waals surface area contributed by atoms with E-state index in [9.17, 15) is 23.3 Å². The molecule has 1 amide bonds. The molecular weight excluding hydrogens is 274 g/mol. The van der Waals surface area contributed by atoms with Gasteiger partial charge in [-0.2, -0.15) is 4.72 Å². The summed E-state index contributed by atoms with van der Waals surface area (Å²) in [4.78, 5) is 20.9. The fraction of sp³-hybridized carbons (Fsp3) is 0.300. The van der Waals surface area contributed by atoms with Crippen LogP contribution in [0, 0.1) is 10.1 Å². The number of nitrogens with zero attached hydrogens (tertiary/aromatic N) is 1. The number of nitro groups is 1. The molecule has 0 unspecified atom stereocenters. The second-order valence-electron chi connectivity index (χ2n) is 3.71. The van der Waals surface area contributed by atoms with E-state index >= 15 is 0 Å². The first-order valence-electron chi connectivity index (χ1n) is 5.26. The van der Waals surface area contributed by atoms with Crippen molar-refractivity contribution in [2.45, 2.75) is 17.9 Å². The van der Waals surface area contributed by atoms with Crippen LogP contribution < -0.4 is 10.0 Å². The number of likely N-dealkylation sites (N-methyl/N-ethyl adjacent to an activating group) is 1. The number of amides is 1. The summed E-state index contributed by atoms with van der Waals surface area (Å²) >= 11 is 0. The molecular formula is C10H13N3O5S. The predicted octanol–water partition coefficient (Wildman–Crippen LogP) is 0.00760. The third kappa shape index (κ3) is 3.73. The van der Waals surface area contributed by atoms with E-state index in [1.807, 2.05) is 0 Å². The second kappa shape index (κ2) is 5.76. The maximum Gasteiger partial charge on any atom is 0.269 e. The highest BCUT2D eigenvalue weighted by Crippen LogP contribution is 2.15. The number of non-ortho nitro benzene ring substituents is 1. The van der Waals surface area contributed by atoms with Crippen LogP contribution in [0.1, 0.15) is 6.92 Å². The number of nitro benzene ring substituents is 1. The van der Waals surface area contributed by atoms with Crippen LogP contribution in [0.5, 0.6) is 0 Å². The van der Waals surface area contributed by atoms with Crippen molar-refractivity contribution < 1.29 is 18.1 Å². The normalized spacial score (nSPS) is 12.7. The fourth-order valence-corrected chi connectivity index (χ4v) is 2.52. The van der Waals surface area contributed by atoms with E-state index in [1.165, 1.54) is 14.0 Å². The van der Waals surface area contributed by atoms with Crippen LogP contribution in [0.15, 0.2) is 29.2 Å². The molecule has 104 valence electrons. The number of hydrogen-bond donors (Lipinski definition) is 2. The highest BCUT2D eigenvalue weighted by Gasteiger charge is 2.21. The lowest BCUT2D eigenvalue weighted by atomic mass is 10.3. The maximum atomic E-state index is 11.9. The van der Waals surface area contributed by atoms with Crippen LogP contribution in [0.2, 0.25) is 0 Å². The Balaban J connectivity index is 2.94. The molecule has 0 saturated heterocycles. The zero-order valence-corrected chi connectivity index (χ0v) is 11.1. The van der Waals surface area contributed by atoms with Crippen LogP contribution in [0.25, 0.3) is 0 Å². The average Bonchev–Trinajstić information content (AvgIpc) is 2.37. The molecule has 0 aliphatic heterocycles. The van der Waals surface area contributed by atoms with Gasteiger partial charge in [0.2, 0.25) is 15.9 Å².